The van der Waals surface area contributed by atoms with Crippen molar-refractivity contribution in [3.63, 3.8) is 0 Å². The minimum absolute atomic E-state index is 0.378. The highest BCUT2D eigenvalue weighted by atomic mass is 32.2. The fraction of sp³-hybridized carbons (Fsp3) is 0.739. The summed E-state index contributed by atoms with van der Waals surface area (Å²) in [4.78, 5) is 1.75. The average Bonchev–Trinajstić information content (AvgIpc) is 2.93. The molecule has 6 atom stereocenters. The Morgan fingerprint density at radius 3 is 2.77 bits per heavy atom. The number of halogens is 1. The monoisotopic (exact) mass is 392 g/mol. The Bertz CT molecular complexity index is 672. The van der Waals surface area contributed by atoms with Gasteiger partial charge in [-0.05, 0) is 90.4 Å². The summed E-state index contributed by atoms with van der Waals surface area (Å²) in [6.45, 7) is 7.37. The lowest BCUT2D eigenvalue weighted by atomic mass is 9.52. The lowest BCUT2D eigenvalue weighted by Crippen LogP contribution is -2.44. The first-order valence-corrected chi connectivity index (χ1v) is 11.8. The van der Waals surface area contributed by atoms with Gasteiger partial charge < -0.3 is 0 Å². The fourth-order valence-corrected chi connectivity index (χ4v) is 8.21. The molecule has 0 saturated heterocycles. The summed E-state index contributed by atoms with van der Waals surface area (Å²) in [6, 6.07) is 4.07. The first kappa shape index (κ1) is 19.2. The number of hydrogen-bond acceptors (Lipinski definition) is 2. The van der Waals surface area contributed by atoms with Gasteiger partial charge in [0.25, 0.3) is 0 Å². The van der Waals surface area contributed by atoms with Gasteiger partial charge in [-0.15, -0.1) is 12.6 Å². The predicted octanol–water partition coefficient (Wildman–Crippen LogP) is 7.86. The lowest BCUT2D eigenvalue weighted by Gasteiger charge is -2.52. The Morgan fingerprint density at radius 1 is 1.27 bits per heavy atom. The van der Waals surface area contributed by atoms with Crippen molar-refractivity contribution in [1.29, 1.82) is 0 Å². The maximum absolute atomic E-state index is 13.3. The van der Waals surface area contributed by atoms with Crippen LogP contribution in [0.5, 0.6) is 0 Å². The minimum atomic E-state index is 0.378. The van der Waals surface area contributed by atoms with Crippen molar-refractivity contribution in [3.05, 3.63) is 23.3 Å². The molecule has 2 saturated carbocycles. The quantitative estimate of drug-likeness (QED) is 0.509. The topological polar surface area (TPSA) is 0 Å². The van der Waals surface area contributed by atoms with Crippen LogP contribution in [0.4, 0.5) is 3.89 Å². The highest BCUT2D eigenvalue weighted by molar-refractivity contribution is 7.94. The molecule has 0 aliphatic heterocycles. The van der Waals surface area contributed by atoms with Crippen molar-refractivity contribution < 1.29 is 3.89 Å². The van der Waals surface area contributed by atoms with E-state index in [0.29, 0.717) is 23.5 Å². The van der Waals surface area contributed by atoms with Crippen molar-refractivity contribution in [2.24, 2.45) is 29.1 Å². The third-order valence-electron chi connectivity index (χ3n) is 8.36. The highest BCUT2D eigenvalue weighted by Crippen LogP contribution is 2.66. The largest absolute Gasteiger partial charge is 0.160 e. The van der Waals surface area contributed by atoms with Gasteiger partial charge in [0, 0.05) is 9.79 Å². The van der Waals surface area contributed by atoms with Crippen LogP contribution in [0.3, 0.4) is 0 Å². The fourth-order valence-electron chi connectivity index (χ4n) is 7.41. The molecule has 0 bridgehead atoms. The summed E-state index contributed by atoms with van der Waals surface area (Å²) >= 11 is 5.09. The molecule has 1 aromatic carbocycles. The van der Waals surface area contributed by atoms with E-state index in [1.54, 1.807) is 0 Å². The van der Waals surface area contributed by atoms with E-state index < -0.39 is 0 Å². The van der Waals surface area contributed by atoms with Crippen LogP contribution in [0, 0.1) is 29.1 Å². The smallest absolute Gasteiger partial charge is 0.0812 e. The number of hydrogen-bond donors (Lipinski definition) is 1. The van der Waals surface area contributed by atoms with E-state index in [2.05, 4.69) is 26.8 Å². The second-order valence-corrected chi connectivity index (χ2v) is 10.5. The van der Waals surface area contributed by atoms with Crippen LogP contribution >= 0.6 is 24.8 Å². The standard InChI is InChI=1S/C23H33FS2/c1-4-6-14-11-15(5-2)23(3)10-9-17-19(22(14)23)8-7-18-20(17)12-16(26-24)13-21(18)25/h12-15,17,19,22,25H,4-11H2,1-3H3. The Kier molecular flexibility index (Phi) is 5.42. The van der Waals surface area contributed by atoms with Crippen LogP contribution in [0.15, 0.2) is 21.9 Å². The molecule has 26 heavy (non-hydrogen) atoms. The van der Waals surface area contributed by atoms with Crippen LogP contribution in [0.1, 0.15) is 82.8 Å². The SMILES string of the molecule is CCCC1CC(CC)C2(C)CCC3c4cc(SF)cc(S)c4CCC3C12. The Balaban J connectivity index is 1.73. The summed E-state index contributed by atoms with van der Waals surface area (Å²) in [7, 11) is 0. The highest BCUT2D eigenvalue weighted by Gasteiger charge is 2.57. The van der Waals surface area contributed by atoms with Crippen LogP contribution in [0.2, 0.25) is 0 Å². The zero-order chi connectivity index (χ0) is 18.5. The molecule has 2 fully saturated rings. The summed E-state index contributed by atoms with van der Waals surface area (Å²) in [5.74, 6) is 4.09. The molecule has 0 nitrogen and oxygen atoms in total. The van der Waals surface area contributed by atoms with Crippen molar-refractivity contribution in [3.8, 4) is 0 Å². The molecule has 0 radical (unpaired) electrons. The maximum atomic E-state index is 13.3. The first-order chi connectivity index (χ1) is 12.5. The molecule has 0 N–H and O–H groups in total. The maximum Gasteiger partial charge on any atom is 0.0812 e. The first-order valence-electron chi connectivity index (χ1n) is 10.7. The van der Waals surface area contributed by atoms with Gasteiger partial charge in [-0.1, -0.05) is 40.0 Å². The number of fused-ring (bicyclic) bond motifs is 5. The molecule has 0 amide bonds. The van der Waals surface area contributed by atoms with Crippen LogP contribution in [0.25, 0.3) is 0 Å². The van der Waals surface area contributed by atoms with Gasteiger partial charge >= 0.3 is 0 Å². The van der Waals surface area contributed by atoms with Gasteiger partial charge in [0.15, 0.2) is 0 Å². The Morgan fingerprint density at radius 2 is 2.08 bits per heavy atom. The molecule has 4 rings (SSSR count). The zero-order valence-corrected chi connectivity index (χ0v) is 18.1. The zero-order valence-electron chi connectivity index (χ0n) is 16.4. The third kappa shape index (κ3) is 2.87. The van der Waals surface area contributed by atoms with Gasteiger partial charge in [-0.3, -0.25) is 0 Å². The normalized spacial score (nSPS) is 38.6. The molecule has 0 spiro atoms. The van der Waals surface area contributed by atoms with Crippen molar-refractivity contribution in [1.82, 2.24) is 0 Å². The molecule has 0 aromatic heterocycles. The van der Waals surface area contributed by atoms with Gasteiger partial charge in [0.2, 0.25) is 0 Å². The van der Waals surface area contributed by atoms with E-state index in [1.165, 1.54) is 56.1 Å². The van der Waals surface area contributed by atoms with E-state index in [9.17, 15) is 3.89 Å². The summed E-state index contributed by atoms with van der Waals surface area (Å²) in [6.07, 6.45) is 10.6. The summed E-state index contributed by atoms with van der Waals surface area (Å²) < 4.78 is 13.3. The number of rotatable bonds is 4. The van der Waals surface area contributed by atoms with Crippen LogP contribution in [-0.4, -0.2) is 0 Å². The molecule has 0 heterocycles. The molecule has 6 unspecified atom stereocenters. The lowest BCUT2D eigenvalue weighted by molar-refractivity contribution is 0.00850. The molecular formula is C23H33FS2. The molecule has 3 heteroatoms. The Hall–Kier alpha value is -0.150. The molecule has 3 aliphatic rings. The van der Waals surface area contributed by atoms with E-state index >= 15 is 0 Å². The molecule has 3 aliphatic carbocycles. The minimum Gasteiger partial charge on any atom is -0.160 e. The second kappa shape index (κ2) is 7.35. The van der Waals surface area contributed by atoms with E-state index in [-0.39, 0.29) is 0 Å². The van der Waals surface area contributed by atoms with E-state index in [0.717, 1.165) is 39.9 Å². The van der Waals surface area contributed by atoms with Gasteiger partial charge in [-0.2, -0.15) is 3.89 Å². The molecular weight excluding hydrogens is 359 g/mol. The Labute approximate surface area is 168 Å². The van der Waals surface area contributed by atoms with Gasteiger partial charge in [-0.25, -0.2) is 0 Å². The number of thiol groups is 1. The van der Waals surface area contributed by atoms with E-state index in [4.69, 9.17) is 12.6 Å². The van der Waals surface area contributed by atoms with Crippen LogP contribution in [-0.2, 0) is 6.42 Å². The third-order valence-corrected chi connectivity index (χ3v) is 9.18. The summed E-state index contributed by atoms with van der Waals surface area (Å²) in [5, 5.41) is 0. The van der Waals surface area contributed by atoms with Gasteiger partial charge in [0.1, 0.15) is 0 Å². The second-order valence-electron chi connectivity index (χ2n) is 9.36. The van der Waals surface area contributed by atoms with Crippen molar-refractivity contribution in [2.75, 3.05) is 0 Å². The molecule has 144 valence electrons. The predicted molar refractivity (Wildman–Crippen MR) is 113 cm³/mol. The van der Waals surface area contributed by atoms with Crippen molar-refractivity contribution in [2.45, 2.75) is 87.8 Å². The molecule has 1 aromatic rings. The van der Waals surface area contributed by atoms with Crippen LogP contribution < -0.4 is 0 Å². The van der Waals surface area contributed by atoms with E-state index in [1.807, 2.05) is 6.07 Å². The van der Waals surface area contributed by atoms with Gasteiger partial charge in [0.05, 0.1) is 12.1 Å². The average molecular weight is 393 g/mol. The summed E-state index contributed by atoms with van der Waals surface area (Å²) in [5.41, 5.74) is 3.38. The van der Waals surface area contributed by atoms with Crippen molar-refractivity contribution >= 4 is 24.8 Å². The number of benzene rings is 1.